The summed E-state index contributed by atoms with van der Waals surface area (Å²) < 4.78 is 17.6. The van der Waals surface area contributed by atoms with Crippen molar-refractivity contribution in [2.45, 2.75) is 6.92 Å². The van der Waals surface area contributed by atoms with Crippen LogP contribution in [0.15, 0.2) is 36.5 Å². The fourth-order valence-corrected chi connectivity index (χ4v) is 1.40. The molecule has 1 N–H and O–H groups in total. The number of benzene rings is 1. The van der Waals surface area contributed by atoms with Gasteiger partial charge in [0.1, 0.15) is 5.82 Å². The minimum absolute atomic E-state index is 0.168. The fraction of sp³-hybridized carbons (Fsp3) is 0.154. The molecule has 19 heavy (non-hydrogen) atoms. The van der Waals surface area contributed by atoms with Crippen molar-refractivity contribution in [3.05, 3.63) is 48.0 Å². The summed E-state index contributed by atoms with van der Waals surface area (Å²) in [6.07, 6.45) is 1.45. The predicted molar refractivity (Wildman–Crippen MR) is 67.7 cm³/mol. The number of esters is 1. The van der Waals surface area contributed by atoms with Crippen molar-refractivity contribution < 1.29 is 13.9 Å². The SMILES string of the molecule is CCOC(=O)c1ccnc(Nc2ccc(F)cc2)n1. The monoisotopic (exact) mass is 261 g/mol. The molecule has 0 unspecified atom stereocenters. The zero-order chi connectivity index (χ0) is 13.7. The molecule has 0 aliphatic carbocycles. The van der Waals surface area contributed by atoms with Gasteiger partial charge in [0, 0.05) is 11.9 Å². The molecule has 0 amide bonds. The van der Waals surface area contributed by atoms with Gasteiger partial charge in [0.05, 0.1) is 6.61 Å². The van der Waals surface area contributed by atoms with Crippen LogP contribution in [0.4, 0.5) is 16.0 Å². The van der Waals surface area contributed by atoms with Crippen LogP contribution in [0.5, 0.6) is 0 Å². The standard InChI is InChI=1S/C13H12FN3O2/c1-2-19-12(18)11-7-8-15-13(17-11)16-10-5-3-9(14)4-6-10/h3-8H,2H2,1H3,(H,15,16,17). The molecule has 0 atom stereocenters. The van der Waals surface area contributed by atoms with E-state index in [4.69, 9.17) is 4.74 Å². The Labute approximate surface area is 109 Å². The highest BCUT2D eigenvalue weighted by Gasteiger charge is 2.09. The molecule has 6 heteroatoms. The van der Waals surface area contributed by atoms with Gasteiger partial charge < -0.3 is 10.1 Å². The van der Waals surface area contributed by atoms with Crippen LogP contribution < -0.4 is 5.32 Å². The summed E-state index contributed by atoms with van der Waals surface area (Å²) in [4.78, 5) is 19.5. The second kappa shape index (κ2) is 5.90. The summed E-state index contributed by atoms with van der Waals surface area (Å²) in [5.74, 6) is -0.587. The Balaban J connectivity index is 2.15. The highest BCUT2D eigenvalue weighted by atomic mass is 19.1. The van der Waals surface area contributed by atoms with Gasteiger partial charge in [0.15, 0.2) is 5.69 Å². The van der Waals surface area contributed by atoms with Crippen LogP contribution in [0.2, 0.25) is 0 Å². The first-order valence-corrected chi connectivity index (χ1v) is 5.72. The van der Waals surface area contributed by atoms with Crippen LogP contribution in [0.1, 0.15) is 17.4 Å². The van der Waals surface area contributed by atoms with Crippen molar-refractivity contribution in [1.29, 1.82) is 0 Å². The molecule has 98 valence electrons. The molecule has 0 aliphatic rings. The molecule has 0 saturated heterocycles. The van der Waals surface area contributed by atoms with Gasteiger partial charge in [0.2, 0.25) is 5.95 Å². The Kier molecular flexibility index (Phi) is 4.02. The highest BCUT2D eigenvalue weighted by Crippen LogP contribution is 2.13. The zero-order valence-electron chi connectivity index (χ0n) is 10.3. The van der Waals surface area contributed by atoms with E-state index >= 15 is 0 Å². The first-order valence-electron chi connectivity index (χ1n) is 5.72. The number of rotatable bonds is 4. The molecule has 1 aromatic carbocycles. The molecule has 0 radical (unpaired) electrons. The topological polar surface area (TPSA) is 64.1 Å². The van der Waals surface area contributed by atoms with Crippen molar-refractivity contribution in [3.8, 4) is 0 Å². The summed E-state index contributed by atoms with van der Waals surface area (Å²) in [7, 11) is 0. The fourth-order valence-electron chi connectivity index (χ4n) is 1.40. The van der Waals surface area contributed by atoms with Crippen LogP contribution in [0.25, 0.3) is 0 Å². The summed E-state index contributed by atoms with van der Waals surface area (Å²) in [5, 5.41) is 2.87. The normalized spacial score (nSPS) is 10.0. The quantitative estimate of drug-likeness (QED) is 0.857. The van der Waals surface area contributed by atoms with Crippen molar-refractivity contribution in [2.75, 3.05) is 11.9 Å². The number of nitrogens with one attached hydrogen (secondary N) is 1. The molecule has 2 rings (SSSR count). The number of halogens is 1. The summed E-state index contributed by atoms with van der Waals surface area (Å²) in [6.45, 7) is 2.00. The van der Waals surface area contributed by atoms with Gasteiger partial charge in [0.25, 0.3) is 0 Å². The van der Waals surface area contributed by atoms with Crippen molar-refractivity contribution in [1.82, 2.24) is 9.97 Å². The van der Waals surface area contributed by atoms with E-state index in [1.807, 2.05) is 0 Å². The number of hydrogen-bond donors (Lipinski definition) is 1. The predicted octanol–water partition coefficient (Wildman–Crippen LogP) is 2.54. The van der Waals surface area contributed by atoms with E-state index in [0.717, 1.165) is 0 Å². The van der Waals surface area contributed by atoms with E-state index in [1.54, 1.807) is 19.1 Å². The van der Waals surface area contributed by atoms with Gasteiger partial charge in [-0.25, -0.2) is 19.2 Å². The molecular formula is C13H12FN3O2. The lowest BCUT2D eigenvalue weighted by Crippen LogP contribution is -2.09. The maximum Gasteiger partial charge on any atom is 0.357 e. The minimum Gasteiger partial charge on any atom is -0.461 e. The number of aromatic nitrogens is 2. The Morgan fingerprint density at radius 2 is 2.05 bits per heavy atom. The molecule has 0 saturated carbocycles. The lowest BCUT2D eigenvalue weighted by molar-refractivity contribution is 0.0519. The number of nitrogens with zero attached hydrogens (tertiary/aromatic N) is 2. The third-order valence-electron chi connectivity index (χ3n) is 2.24. The van der Waals surface area contributed by atoms with E-state index in [1.165, 1.54) is 24.4 Å². The van der Waals surface area contributed by atoms with Gasteiger partial charge in [-0.2, -0.15) is 0 Å². The van der Waals surface area contributed by atoms with Crippen LogP contribution in [-0.2, 0) is 4.74 Å². The van der Waals surface area contributed by atoms with E-state index in [0.29, 0.717) is 5.69 Å². The number of anilines is 2. The molecule has 0 spiro atoms. The van der Waals surface area contributed by atoms with E-state index in [9.17, 15) is 9.18 Å². The van der Waals surface area contributed by atoms with E-state index in [-0.39, 0.29) is 24.1 Å². The maximum atomic E-state index is 12.8. The van der Waals surface area contributed by atoms with Gasteiger partial charge >= 0.3 is 5.97 Å². The third kappa shape index (κ3) is 3.48. The Morgan fingerprint density at radius 1 is 1.32 bits per heavy atom. The Bertz CT molecular complexity index is 572. The van der Waals surface area contributed by atoms with Crippen molar-refractivity contribution in [3.63, 3.8) is 0 Å². The maximum absolute atomic E-state index is 12.8. The molecule has 0 fully saturated rings. The number of carbonyl (C=O) groups is 1. The van der Waals surface area contributed by atoms with Gasteiger partial charge in [-0.3, -0.25) is 0 Å². The van der Waals surface area contributed by atoms with Gasteiger partial charge in [-0.15, -0.1) is 0 Å². The van der Waals surface area contributed by atoms with E-state index in [2.05, 4.69) is 15.3 Å². The second-order valence-electron chi connectivity index (χ2n) is 3.62. The molecule has 1 aromatic heterocycles. The molecule has 1 heterocycles. The third-order valence-corrected chi connectivity index (χ3v) is 2.24. The largest absolute Gasteiger partial charge is 0.461 e. The molecule has 0 aliphatic heterocycles. The highest BCUT2D eigenvalue weighted by molar-refractivity contribution is 5.87. The van der Waals surface area contributed by atoms with E-state index < -0.39 is 5.97 Å². The summed E-state index contributed by atoms with van der Waals surface area (Å²) >= 11 is 0. The van der Waals surface area contributed by atoms with Crippen molar-refractivity contribution >= 4 is 17.6 Å². The molecule has 2 aromatic rings. The smallest absolute Gasteiger partial charge is 0.357 e. The molecule has 5 nitrogen and oxygen atoms in total. The molecule has 0 bridgehead atoms. The Hall–Kier alpha value is -2.50. The minimum atomic E-state index is -0.507. The summed E-state index contributed by atoms with van der Waals surface area (Å²) in [5.41, 5.74) is 0.795. The lowest BCUT2D eigenvalue weighted by atomic mass is 10.3. The van der Waals surface area contributed by atoms with Gasteiger partial charge in [-0.1, -0.05) is 0 Å². The first kappa shape index (κ1) is 12.9. The van der Waals surface area contributed by atoms with Crippen LogP contribution >= 0.6 is 0 Å². The number of carbonyl (C=O) groups excluding carboxylic acids is 1. The van der Waals surface area contributed by atoms with Crippen molar-refractivity contribution in [2.24, 2.45) is 0 Å². The average Bonchev–Trinajstić information content (AvgIpc) is 2.42. The lowest BCUT2D eigenvalue weighted by Gasteiger charge is -2.06. The Morgan fingerprint density at radius 3 is 2.74 bits per heavy atom. The van der Waals surface area contributed by atoms with Crippen LogP contribution in [-0.4, -0.2) is 22.5 Å². The van der Waals surface area contributed by atoms with Crippen LogP contribution in [0, 0.1) is 5.82 Å². The average molecular weight is 261 g/mol. The number of hydrogen-bond acceptors (Lipinski definition) is 5. The first-order chi connectivity index (χ1) is 9.19. The van der Waals surface area contributed by atoms with Crippen LogP contribution in [0.3, 0.4) is 0 Å². The summed E-state index contributed by atoms with van der Waals surface area (Å²) in [6, 6.07) is 7.20. The number of ether oxygens (including phenoxy) is 1. The van der Waals surface area contributed by atoms with Gasteiger partial charge in [-0.05, 0) is 37.3 Å². The zero-order valence-corrected chi connectivity index (χ0v) is 10.3. The molecular weight excluding hydrogens is 249 g/mol. The second-order valence-corrected chi connectivity index (χ2v) is 3.62.